The fourth-order valence-electron chi connectivity index (χ4n) is 2.65. The van der Waals surface area contributed by atoms with Crippen LogP contribution in [0.5, 0.6) is 11.5 Å². The van der Waals surface area contributed by atoms with E-state index in [-0.39, 0.29) is 23.1 Å². The van der Waals surface area contributed by atoms with E-state index >= 15 is 0 Å². The molecule has 140 valence electrons. The number of methoxy groups -OCH3 is 2. The van der Waals surface area contributed by atoms with Crippen molar-refractivity contribution in [3.8, 4) is 11.5 Å². The molecule has 0 aromatic heterocycles. The maximum absolute atomic E-state index is 12.5. The summed E-state index contributed by atoms with van der Waals surface area (Å²) in [6.07, 6.45) is 0. The molecule has 1 aromatic carbocycles. The summed E-state index contributed by atoms with van der Waals surface area (Å²) in [4.78, 5) is 16.1. The molecule has 2 rings (SSSR count). The van der Waals surface area contributed by atoms with Gasteiger partial charge in [-0.1, -0.05) is 6.92 Å². The number of rotatable bonds is 7. The van der Waals surface area contributed by atoms with E-state index in [1.165, 1.54) is 26.4 Å². The van der Waals surface area contributed by atoms with E-state index in [0.717, 1.165) is 19.6 Å². The molecule has 9 heteroatoms. The SMILES string of the molecule is CCN1CCN(C(=O)CNS(=O)(=O)c2cc(OC)ccc2OC)CC1. The first kappa shape index (κ1) is 19.5. The summed E-state index contributed by atoms with van der Waals surface area (Å²) in [5.41, 5.74) is 0. The molecule has 1 aliphatic rings. The number of ether oxygens (including phenoxy) is 2. The number of hydrogen-bond acceptors (Lipinski definition) is 6. The van der Waals surface area contributed by atoms with Crippen molar-refractivity contribution in [2.45, 2.75) is 11.8 Å². The highest BCUT2D eigenvalue weighted by Crippen LogP contribution is 2.27. The summed E-state index contributed by atoms with van der Waals surface area (Å²) >= 11 is 0. The highest BCUT2D eigenvalue weighted by atomic mass is 32.2. The number of nitrogens with zero attached hydrogens (tertiary/aromatic N) is 2. The van der Waals surface area contributed by atoms with Gasteiger partial charge < -0.3 is 19.3 Å². The number of sulfonamides is 1. The number of carbonyl (C=O) groups excluding carboxylic acids is 1. The Balaban J connectivity index is 2.03. The maximum atomic E-state index is 12.5. The molecule has 1 N–H and O–H groups in total. The molecule has 0 spiro atoms. The van der Waals surface area contributed by atoms with Gasteiger partial charge in [0.05, 0.1) is 20.8 Å². The van der Waals surface area contributed by atoms with E-state index in [1.54, 1.807) is 11.0 Å². The summed E-state index contributed by atoms with van der Waals surface area (Å²) in [6, 6.07) is 4.49. The van der Waals surface area contributed by atoms with Crippen molar-refractivity contribution < 1.29 is 22.7 Å². The summed E-state index contributed by atoms with van der Waals surface area (Å²) in [5.74, 6) is 0.349. The van der Waals surface area contributed by atoms with Crippen molar-refractivity contribution in [1.29, 1.82) is 0 Å². The first-order valence-electron chi connectivity index (χ1n) is 8.13. The average molecular weight is 371 g/mol. The largest absolute Gasteiger partial charge is 0.497 e. The smallest absolute Gasteiger partial charge is 0.244 e. The van der Waals surface area contributed by atoms with Gasteiger partial charge in [-0.2, -0.15) is 0 Å². The summed E-state index contributed by atoms with van der Waals surface area (Å²) < 4.78 is 37.6. The van der Waals surface area contributed by atoms with Gasteiger partial charge in [-0.3, -0.25) is 4.79 Å². The van der Waals surface area contributed by atoms with Crippen molar-refractivity contribution in [3.63, 3.8) is 0 Å². The highest BCUT2D eigenvalue weighted by molar-refractivity contribution is 7.89. The quantitative estimate of drug-likeness (QED) is 0.734. The van der Waals surface area contributed by atoms with Gasteiger partial charge >= 0.3 is 0 Å². The van der Waals surface area contributed by atoms with E-state index in [9.17, 15) is 13.2 Å². The molecule has 0 unspecified atom stereocenters. The monoisotopic (exact) mass is 371 g/mol. The topological polar surface area (TPSA) is 88.2 Å². The van der Waals surface area contributed by atoms with Crippen LogP contribution < -0.4 is 14.2 Å². The number of benzene rings is 1. The molecule has 0 bridgehead atoms. The third-order valence-electron chi connectivity index (χ3n) is 4.25. The molecule has 1 aromatic rings. The summed E-state index contributed by atoms with van der Waals surface area (Å²) in [6.45, 7) is 5.57. The van der Waals surface area contributed by atoms with E-state index in [0.29, 0.717) is 18.8 Å². The molecule has 0 saturated carbocycles. The van der Waals surface area contributed by atoms with Crippen LogP contribution in [-0.2, 0) is 14.8 Å². The zero-order valence-corrected chi connectivity index (χ0v) is 15.6. The molecular weight excluding hydrogens is 346 g/mol. The van der Waals surface area contributed by atoms with Crippen molar-refractivity contribution in [1.82, 2.24) is 14.5 Å². The fourth-order valence-corrected chi connectivity index (χ4v) is 3.81. The van der Waals surface area contributed by atoms with Gasteiger partial charge in [-0.05, 0) is 18.7 Å². The van der Waals surface area contributed by atoms with Gasteiger partial charge in [0.2, 0.25) is 15.9 Å². The Kier molecular flexibility index (Phi) is 6.63. The van der Waals surface area contributed by atoms with Crippen molar-refractivity contribution in [3.05, 3.63) is 18.2 Å². The normalized spacial score (nSPS) is 15.9. The lowest BCUT2D eigenvalue weighted by atomic mass is 10.3. The average Bonchev–Trinajstić information content (AvgIpc) is 2.65. The Morgan fingerprint density at radius 2 is 1.84 bits per heavy atom. The zero-order valence-electron chi connectivity index (χ0n) is 14.8. The number of likely N-dealkylation sites (N-methyl/N-ethyl adjacent to an activating group) is 1. The Hall–Kier alpha value is -1.84. The standard InChI is InChI=1S/C16H25N3O5S/c1-4-18-7-9-19(10-8-18)16(20)12-17-25(21,22)15-11-13(23-2)5-6-14(15)24-3/h5-6,11,17H,4,7-10,12H2,1-3H3. The highest BCUT2D eigenvalue weighted by Gasteiger charge is 2.24. The molecule has 1 saturated heterocycles. The van der Waals surface area contributed by atoms with Crippen molar-refractivity contribution >= 4 is 15.9 Å². The summed E-state index contributed by atoms with van der Waals surface area (Å²) in [7, 11) is -1.06. The molecule has 0 radical (unpaired) electrons. The van der Waals surface area contributed by atoms with Crippen LogP contribution in [0.4, 0.5) is 0 Å². The maximum Gasteiger partial charge on any atom is 0.244 e. The third kappa shape index (κ3) is 4.83. The number of piperazine rings is 1. The fraction of sp³-hybridized carbons (Fsp3) is 0.562. The molecule has 8 nitrogen and oxygen atoms in total. The number of amides is 1. The van der Waals surface area contributed by atoms with E-state index in [4.69, 9.17) is 9.47 Å². The van der Waals surface area contributed by atoms with Crippen molar-refractivity contribution in [2.24, 2.45) is 0 Å². The Morgan fingerprint density at radius 3 is 2.40 bits per heavy atom. The van der Waals surface area contributed by atoms with Gasteiger partial charge in [0.1, 0.15) is 16.4 Å². The van der Waals surface area contributed by atoms with Crippen LogP contribution in [0.1, 0.15) is 6.92 Å². The van der Waals surface area contributed by atoms with Gasteiger partial charge in [-0.15, -0.1) is 0 Å². The second kappa shape index (κ2) is 8.50. The van der Waals surface area contributed by atoms with Crippen LogP contribution in [0.15, 0.2) is 23.1 Å². The predicted molar refractivity (Wildman–Crippen MR) is 93.4 cm³/mol. The molecule has 0 aliphatic carbocycles. The lowest BCUT2D eigenvalue weighted by Gasteiger charge is -2.34. The molecule has 0 atom stereocenters. The van der Waals surface area contributed by atoms with Crippen LogP contribution >= 0.6 is 0 Å². The van der Waals surface area contributed by atoms with E-state index in [2.05, 4.69) is 16.5 Å². The number of nitrogens with one attached hydrogen (secondary N) is 1. The predicted octanol–water partition coefficient (Wildman–Crippen LogP) is 0.146. The van der Waals surface area contributed by atoms with Gasteiger partial charge in [0, 0.05) is 32.2 Å². The van der Waals surface area contributed by atoms with E-state index < -0.39 is 10.0 Å². The Labute approximate surface area is 148 Å². The Bertz CT molecular complexity index is 700. The minimum Gasteiger partial charge on any atom is -0.497 e. The second-order valence-corrected chi connectivity index (χ2v) is 7.39. The van der Waals surface area contributed by atoms with Gasteiger partial charge in [0.15, 0.2) is 0 Å². The minimum atomic E-state index is -3.90. The van der Waals surface area contributed by atoms with E-state index in [1.807, 2.05) is 0 Å². The number of carbonyl (C=O) groups is 1. The van der Waals surface area contributed by atoms with Crippen LogP contribution in [0.3, 0.4) is 0 Å². The third-order valence-corrected chi connectivity index (χ3v) is 5.67. The number of hydrogen-bond donors (Lipinski definition) is 1. The van der Waals surface area contributed by atoms with Crippen LogP contribution in [0, 0.1) is 0 Å². The van der Waals surface area contributed by atoms with Crippen LogP contribution in [0.2, 0.25) is 0 Å². The first-order valence-corrected chi connectivity index (χ1v) is 9.61. The van der Waals surface area contributed by atoms with Crippen LogP contribution in [0.25, 0.3) is 0 Å². The second-order valence-electron chi connectivity index (χ2n) is 5.66. The molecule has 1 amide bonds. The molecule has 1 heterocycles. The first-order chi connectivity index (χ1) is 11.9. The lowest BCUT2D eigenvalue weighted by molar-refractivity contribution is -0.131. The minimum absolute atomic E-state index is 0.0575. The molecule has 25 heavy (non-hydrogen) atoms. The van der Waals surface area contributed by atoms with Gasteiger partial charge in [0.25, 0.3) is 0 Å². The molecule has 1 aliphatic heterocycles. The molecule has 1 fully saturated rings. The lowest BCUT2D eigenvalue weighted by Crippen LogP contribution is -2.51. The zero-order chi connectivity index (χ0) is 18.4. The summed E-state index contributed by atoms with van der Waals surface area (Å²) in [5, 5.41) is 0. The van der Waals surface area contributed by atoms with Crippen LogP contribution in [-0.4, -0.2) is 77.6 Å². The van der Waals surface area contributed by atoms with Gasteiger partial charge in [-0.25, -0.2) is 13.1 Å². The molecular formula is C16H25N3O5S. The Morgan fingerprint density at radius 1 is 1.16 bits per heavy atom. The van der Waals surface area contributed by atoms with Crippen molar-refractivity contribution in [2.75, 3.05) is 53.5 Å².